The highest BCUT2D eigenvalue weighted by atomic mass is 19.4. The van der Waals surface area contributed by atoms with Crippen LogP contribution in [-0.4, -0.2) is 70.6 Å². The fraction of sp³-hybridized carbons (Fsp3) is 0.391. The molecule has 0 atom stereocenters. The molecule has 0 bridgehead atoms. The topological polar surface area (TPSA) is 88.4 Å². The normalized spacial score (nSPS) is 14.7. The number of methoxy groups -OCH3 is 1. The molecule has 1 N–H and O–H groups in total. The fourth-order valence-corrected chi connectivity index (χ4v) is 4.09. The number of benzene rings is 1. The fourth-order valence-electron chi connectivity index (χ4n) is 4.09. The van der Waals surface area contributed by atoms with E-state index in [1.54, 1.807) is 12.1 Å². The third-order valence-electron chi connectivity index (χ3n) is 5.95. The number of aryl methyl sites for hydroxylation is 1. The van der Waals surface area contributed by atoms with Gasteiger partial charge < -0.3 is 19.9 Å². The molecule has 12 heteroatoms. The van der Waals surface area contributed by atoms with Crippen LogP contribution in [0.4, 0.5) is 24.5 Å². The minimum atomic E-state index is -4.86. The van der Waals surface area contributed by atoms with Gasteiger partial charge in [0.2, 0.25) is 5.88 Å². The molecule has 0 saturated carbocycles. The molecule has 1 fully saturated rings. The number of nitrogens with zero attached hydrogens (tertiary/aromatic N) is 6. The number of hydrogen-bond acceptors (Lipinski definition) is 7. The quantitative estimate of drug-likeness (QED) is 0.568. The SMILES string of the molecule is CCN1CCN(c2ccc(NC(=O)c3cnn(-c4ccc(OC)nn4)c3C(F)(F)F)cc2C)CC1. The van der Waals surface area contributed by atoms with Gasteiger partial charge in [-0.2, -0.15) is 18.3 Å². The summed E-state index contributed by atoms with van der Waals surface area (Å²) in [5.41, 5.74) is 0.506. The third kappa shape index (κ3) is 5.21. The van der Waals surface area contributed by atoms with Crippen molar-refractivity contribution >= 4 is 17.3 Å². The maximum atomic E-state index is 13.9. The van der Waals surface area contributed by atoms with Gasteiger partial charge in [-0.25, -0.2) is 4.68 Å². The number of piperazine rings is 1. The molecule has 1 aliphatic heterocycles. The molecule has 3 heterocycles. The Labute approximate surface area is 200 Å². The first-order valence-corrected chi connectivity index (χ1v) is 11.1. The van der Waals surface area contributed by atoms with Crippen molar-refractivity contribution in [3.63, 3.8) is 0 Å². The van der Waals surface area contributed by atoms with E-state index in [0.29, 0.717) is 10.4 Å². The molecule has 4 rings (SSSR count). The average Bonchev–Trinajstić information content (AvgIpc) is 3.31. The van der Waals surface area contributed by atoms with E-state index in [4.69, 9.17) is 4.74 Å². The Hall–Kier alpha value is -3.67. The van der Waals surface area contributed by atoms with Crippen LogP contribution >= 0.6 is 0 Å². The zero-order valence-electron chi connectivity index (χ0n) is 19.6. The van der Waals surface area contributed by atoms with Crippen molar-refractivity contribution < 1.29 is 22.7 Å². The molecule has 9 nitrogen and oxygen atoms in total. The van der Waals surface area contributed by atoms with Crippen molar-refractivity contribution in [3.05, 3.63) is 53.3 Å². The van der Waals surface area contributed by atoms with Gasteiger partial charge in [-0.15, -0.1) is 10.2 Å². The summed E-state index contributed by atoms with van der Waals surface area (Å²) < 4.78 is 47.2. The number of carbonyl (C=O) groups is 1. The van der Waals surface area contributed by atoms with E-state index in [0.717, 1.165) is 50.2 Å². The minimum Gasteiger partial charge on any atom is -0.480 e. The maximum absolute atomic E-state index is 13.9. The van der Waals surface area contributed by atoms with Crippen LogP contribution in [0, 0.1) is 6.92 Å². The molecule has 0 spiro atoms. The first-order chi connectivity index (χ1) is 16.7. The van der Waals surface area contributed by atoms with Crippen LogP contribution in [0.2, 0.25) is 0 Å². The van der Waals surface area contributed by atoms with Crippen LogP contribution in [0.5, 0.6) is 5.88 Å². The summed E-state index contributed by atoms with van der Waals surface area (Å²) in [5, 5.41) is 13.7. The molecule has 2 aromatic heterocycles. The highest BCUT2D eigenvalue weighted by molar-refractivity contribution is 6.05. The molecule has 0 radical (unpaired) electrons. The molecule has 0 unspecified atom stereocenters. The van der Waals surface area contributed by atoms with Crippen LogP contribution in [0.1, 0.15) is 28.5 Å². The van der Waals surface area contributed by atoms with Gasteiger partial charge in [0.25, 0.3) is 5.91 Å². The van der Waals surface area contributed by atoms with Crippen molar-refractivity contribution in [1.82, 2.24) is 24.9 Å². The molecular weight excluding hydrogens is 463 g/mol. The zero-order chi connectivity index (χ0) is 25.2. The summed E-state index contributed by atoms with van der Waals surface area (Å²) in [4.78, 5) is 17.5. The number of alkyl halides is 3. The van der Waals surface area contributed by atoms with Gasteiger partial charge in [0.1, 0.15) is 0 Å². The highest BCUT2D eigenvalue weighted by Crippen LogP contribution is 2.34. The summed E-state index contributed by atoms with van der Waals surface area (Å²) >= 11 is 0. The number of aromatic nitrogens is 4. The summed E-state index contributed by atoms with van der Waals surface area (Å²) in [6.45, 7) is 8.79. The van der Waals surface area contributed by atoms with Crippen molar-refractivity contribution in [2.75, 3.05) is 50.1 Å². The molecule has 0 aliphatic carbocycles. The van der Waals surface area contributed by atoms with Crippen LogP contribution < -0.4 is 15.0 Å². The van der Waals surface area contributed by atoms with Gasteiger partial charge in [-0.05, 0) is 43.3 Å². The monoisotopic (exact) mass is 489 g/mol. The number of amides is 1. The number of rotatable bonds is 6. The predicted octanol–water partition coefficient (Wildman–Crippen LogP) is 3.39. The van der Waals surface area contributed by atoms with Crippen LogP contribution in [-0.2, 0) is 6.18 Å². The Morgan fingerprint density at radius 1 is 1.11 bits per heavy atom. The smallest absolute Gasteiger partial charge is 0.434 e. The van der Waals surface area contributed by atoms with Crippen molar-refractivity contribution in [1.29, 1.82) is 0 Å². The molecule has 1 aromatic carbocycles. The summed E-state index contributed by atoms with van der Waals surface area (Å²) in [7, 11) is 1.36. The van der Waals surface area contributed by atoms with Gasteiger partial charge in [0.05, 0.1) is 18.9 Å². The number of hydrogen-bond donors (Lipinski definition) is 1. The molecule has 35 heavy (non-hydrogen) atoms. The second-order valence-electron chi connectivity index (χ2n) is 8.13. The lowest BCUT2D eigenvalue weighted by Crippen LogP contribution is -2.46. The molecular formula is C23H26F3N7O2. The Morgan fingerprint density at radius 2 is 1.86 bits per heavy atom. The number of ether oxygens (including phenoxy) is 1. The summed E-state index contributed by atoms with van der Waals surface area (Å²) in [6, 6.07) is 7.97. The Bertz CT molecular complexity index is 1190. The predicted molar refractivity (Wildman–Crippen MR) is 124 cm³/mol. The van der Waals surface area contributed by atoms with Gasteiger partial charge in [0, 0.05) is 43.6 Å². The van der Waals surface area contributed by atoms with E-state index >= 15 is 0 Å². The van der Waals surface area contributed by atoms with Gasteiger partial charge >= 0.3 is 6.18 Å². The summed E-state index contributed by atoms with van der Waals surface area (Å²) in [6.07, 6.45) is -3.98. The standard InChI is InChI=1S/C23H26F3N7O2/c1-4-31-9-11-32(12-10-31)18-6-5-16(13-15(18)2)28-22(34)17-14-27-33(21(17)23(24,25)26)19-7-8-20(35-3)30-29-19/h5-8,13-14H,4,9-12H2,1-3H3,(H,28,34). The van der Waals surface area contributed by atoms with Gasteiger partial charge in [-0.1, -0.05) is 6.92 Å². The largest absolute Gasteiger partial charge is 0.480 e. The zero-order valence-corrected chi connectivity index (χ0v) is 19.6. The van der Waals surface area contributed by atoms with Crippen LogP contribution in [0.25, 0.3) is 5.82 Å². The first kappa shape index (κ1) is 24.5. The lowest BCUT2D eigenvalue weighted by atomic mass is 10.1. The van der Waals surface area contributed by atoms with Gasteiger partial charge in [0.15, 0.2) is 11.5 Å². The van der Waals surface area contributed by atoms with E-state index < -0.39 is 23.3 Å². The second kappa shape index (κ2) is 9.90. The van der Waals surface area contributed by atoms with Gasteiger partial charge in [-0.3, -0.25) is 4.79 Å². The van der Waals surface area contributed by atoms with E-state index in [-0.39, 0.29) is 11.7 Å². The minimum absolute atomic E-state index is 0.137. The Kier molecular flexibility index (Phi) is 6.92. The Balaban J connectivity index is 1.56. The van der Waals surface area contributed by atoms with Crippen molar-refractivity contribution in [2.24, 2.45) is 0 Å². The lowest BCUT2D eigenvalue weighted by molar-refractivity contribution is -0.143. The van der Waals surface area contributed by atoms with Crippen LogP contribution in [0.3, 0.4) is 0 Å². The molecule has 1 amide bonds. The summed E-state index contributed by atoms with van der Waals surface area (Å²) in [5.74, 6) is -0.979. The highest BCUT2D eigenvalue weighted by Gasteiger charge is 2.41. The first-order valence-electron chi connectivity index (χ1n) is 11.1. The van der Waals surface area contributed by atoms with E-state index in [9.17, 15) is 18.0 Å². The lowest BCUT2D eigenvalue weighted by Gasteiger charge is -2.36. The van der Waals surface area contributed by atoms with Crippen molar-refractivity contribution in [2.45, 2.75) is 20.0 Å². The molecule has 186 valence electrons. The second-order valence-corrected chi connectivity index (χ2v) is 8.13. The van der Waals surface area contributed by atoms with Crippen molar-refractivity contribution in [3.8, 4) is 11.7 Å². The number of anilines is 2. The van der Waals surface area contributed by atoms with E-state index in [2.05, 4.69) is 37.3 Å². The molecule has 1 saturated heterocycles. The Morgan fingerprint density at radius 3 is 2.43 bits per heavy atom. The third-order valence-corrected chi connectivity index (χ3v) is 5.95. The average molecular weight is 490 g/mol. The molecule has 3 aromatic rings. The number of likely N-dealkylation sites (N-methyl/N-ethyl adjacent to an activating group) is 1. The van der Waals surface area contributed by atoms with E-state index in [1.165, 1.54) is 19.2 Å². The maximum Gasteiger partial charge on any atom is 0.434 e. The molecule has 1 aliphatic rings. The number of nitrogens with one attached hydrogen (secondary N) is 1. The van der Waals surface area contributed by atoms with Crippen LogP contribution in [0.15, 0.2) is 36.5 Å². The number of carbonyl (C=O) groups excluding carboxylic acids is 1. The van der Waals surface area contributed by atoms with E-state index in [1.807, 2.05) is 13.0 Å². The number of halogens is 3.